The first-order valence-corrected chi connectivity index (χ1v) is 4.53. The van der Waals surface area contributed by atoms with Gasteiger partial charge in [0.2, 0.25) is 5.91 Å². The lowest BCUT2D eigenvalue weighted by Crippen LogP contribution is -2.36. The molecule has 0 aromatic carbocycles. The van der Waals surface area contributed by atoms with E-state index < -0.39 is 0 Å². The summed E-state index contributed by atoms with van der Waals surface area (Å²) in [5.41, 5.74) is 0.228. The quantitative estimate of drug-likeness (QED) is 0.715. The van der Waals surface area contributed by atoms with Gasteiger partial charge >= 0.3 is 0 Å². The molecule has 1 heterocycles. The number of hydrogen-bond acceptors (Lipinski definition) is 4. The average Bonchev–Trinajstić information content (AvgIpc) is 2.16. The minimum Gasteiger partial charge on any atom is -0.372 e. The van der Waals surface area contributed by atoms with E-state index >= 15 is 0 Å². The molecule has 0 bridgehead atoms. The Morgan fingerprint density at radius 3 is 2.80 bits per heavy atom. The van der Waals surface area contributed by atoms with E-state index in [1.54, 1.807) is 21.0 Å². The number of hydrogen-bond donors (Lipinski definition) is 2. The van der Waals surface area contributed by atoms with E-state index in [2.05, 4.69) is 15.5 Å². The monoisotopic (exact) mass is 210 g/mol. The second kappa shape index (κ2) is 4.59. The van der Waals surface area contributed by atoms with Crippen LogP contribution in [-0.2, 0) is 4.79 Å². The summed E-state index contributed by atoms with van der Waals surface area (Å²) in [6.45, 7) is 1.73. The van der Waals surface area contributed by atoms with Gasteiger partial charge < -0.3 is 10.2 Å². The van der Waals surface area contributed by atoms with Crippen molar-refractivity contribution < 1.29 is 4.79 Å². The zero-order valence-corrected chi connectivity index (χ0v) is 8.94. The van der Waals surface area contributed by atoms with Crippen LogP contribution in [-0.4, -0.2) is 41.1 Å². The molecule has 0 aliphatic heterocycles. The third kappa shape index (κ3) is 3.08. The molecule has 0 aliphatic rings. The van der Waals surface area contributed by atoms with Crippen LogP contribution in [0.2, 0.25) is 0 Å². The van der Waals surface area contributed by atoms with Crippen molar-refractivity contribution in [2.45, 2.75) is 13.0 Å². The highest BCUT2D eigenvalue weighted by atomic mass is 16.2. The van der Waals surface area contributed by atoms with Gasteiger partial charge in [0.1, 0.15) is 6.04 Å². The number of likely N-dealkylation sites (N-methyl/N-ethyl adjacent to an activating group) is 1. The molecular weight excluding hydrogens is 196 g/mol. The predicted molar refractivity (Wildman–Crippen MR) is 56.6 cm³/mol. The predicted octanol–water partition coefficient (Wildman–Crippen LogP) is -0.342. The molecule has 0 spiro atoms. The SMILES string of the molecule is CC(Nc1cn[nH]c(=O)c1)C(=O)N(C)C. The first-order valence-electron chi connectivity index (χ1n) is 4.53. The second-order valence-corrected chi connectivity index (χ2v) is 3.43. The molecule has 0 saturated carbocycles. The largest absolute Gasteiger partial charge is 0.372 e. The Labute approximate surface area is 87.3 Å². The Kier molecular flexibility index (Phi) is 3.43. The Morgan fingerprint density at radius 1 is 1.60 bits per heavy atom. The number of aromatic amines is 1. The van der Waals surface area contributed by atoms with Gasteiger partial charge in [0.15, 0.2) is 0 Å². The summed E-state index contributed by atoms with van der Waals surface area (Å²) in [5.74, 6) is -0.0599. The fraction of sp³-hybridized carbons (Fsp3) is 0.444. The van der Waals surface area contributed by atoms with E-state index in [0.717, 1.165) is 0 Å². The lowest BCUT2D eigenvalue weighted by atomic mass is 10.3. The molecule has 82 valence electrons. The fourth-order valence-electron chi connectivity index (χ4n) is 1.15. The summed E-state index contributed by atoms with van der Waals surface area (Å²) in [6, 6.07) is 0.968. The molecule has 2 N–H and O–H groups in total. The summed E-state index contributed by atoms with van der Waals surface area (Å²) < 4.78 is 0. The maximum absolute atomic E-state index is 11.5. The number of rotatable bonds is 3. The van der Waals surface area contributed by atoms with Crippen molar-refractivity contribution in [3.63, 3.8) is 0 Å². The van der Waals surface area contributed by atoms with Crippen molar-refractivity contribution in [1.29, 1.82) is 0 Å². The summed E-state index contributed by atoms with van der Waals surface area (Å²) >= 11 is 0. The minimum atomic E-state index is -0.386. The Hall–Kier alpha value is -1.85. The maximum Gasteiger partial charge on any atom is 0.266 e. The number of H-pyrrole nitrogens is 1. The third-order valence-electron chi connectivity index (χ3n) is 1.86. The molecule has 0 aliphatic carbocycles. The standard InChI is InChI=1S/C9H14N4O2/c1-6(9(15)13(2)3)11-7-4-8(14)12-10-5-7/h4-6H,1-3H3,(H2,11,12,14). The molecule has 1 unspecified atom stereocenters. The molecule has 1 atom stereocenters. The van der Waals surface area contributed by atoms with Crippen LogP contribution in [0.25, 0.3) is 0 Å². The van der Waals surface area contributed by atoms with Gasteiger partial charge in [-0.15, -0.1) is 0 Å². The van der Waals surface area contributed by atoms with Crippen molar-refractivity contribution in [3.05, 3.63) is 22.6 Å². The van der Waals surface area contributed by atoms with Gasteiger partial charge in [-0.1, -0.05) is 0 Å². The summed E-state index contributed by atoms with van der Waals surface area (Å²) in [6.07, 6.45) is 1.46. The fourth-order valence-corrected chi connectivity index (χ4v) is 1.15. The van der Waals surface area contributed by atoms with Gasteiger partial charge in [-0.05, 0) is 6.92 Å². The molecule has 1 aromatic rings. The smallest absolute Gasteiger partial charge is 0.266 e. The molecule has 0 fully saturated rings. The lowest BCUT2D eigenvalue weighted by molar-refractivity contribution is -0.129. The van der Waals surface area contributed by atoms with Crippen LogP contribution in [0.4, 0.5) is 5.69 Å². The molecule has 1 rings (SSSR count). The first kappa shape index (κ1) is 11.2. The van der Waals surface area contributed by atoms with E-state index in [0.29, 0.717) is 5.69 Å². The van der Waals surface area contributed by atoms with Crippen molar-refractivity contribution in [2.75, 3.05) is 19.4 Å². The zero-order valence-electron chi connectivity index (χ0n) is 8.94. The number of carbonyl (C=O) groups excluding carboxylic acids is 1. The van der Waals surface area contributed by atoms with E-state index in [1.807, 2.05) is 0 Å². The highest BCUT2D eigenvalue weighted by Crippen LogP contribution is 2.03. The van der Waals surface area contributed by atoms with Crippen LogP contribution in [0.5, 0.6) is 0 Å². The van der Waals surface area contributed by atoms with Crippen molar-refractivity contribution >= 4 is 11.6 Å². The average molecular weight is 210 g/mol. The minimum absolute atomic E-state index is 0.0599. The van der Waals surface area contributed by atoms with Gasteiger partial charge in [-0.25, -0.2) is 5.10 Å². The van der Waals surface area contributed by atoms with Gasteiger partial charge in [0, 0.05) is 20.2 Å². The summed E-state index contributed by atoms with van der Waals surface area (Å²) in [4.78, 5) is 23.9. The summed E-state index contributed by atoms with van der Waals surface area (Å²) in [5, 5.41) is 8.76. The molecule has 15 heavy (non-hydrogen) atoms. The van der Waals surface area contributed by atoms with Crippen LogP contribution in [0.3, 0.4) is 0 Å². The van der Waals surface area contributed by atoms with Gasteiger partial charge in [0.25, 0.3) is 5.56 Å². The maximum atomic E-state index is 11.5. The molecular formula is C9H14N4O2. The number of aromatic nitrogens is 2. The number of carbonyl (C=O) groups is 1. The van der Waals surface area contributed by atoms with Crippen molar-refractivity contribution in [2.24, 2.45) is 0 Å². The van der Waals surface area contributed by atoms with Crippen LogP contribution in [0.15, 0.2) is 17.1 Å². The Morgan fingerprint density at radius 2 is 2.27 bits per heavy atom. The number of nitrogens with zero attached hydrogens (tertiary/aromatic N) is 2. The molecule has 6 heteroatoms. The lowest BCUT2D eigenvalue weighted by Gasteiger charge is -2.18. The van der Waals surface area contributed by atoms with Crippen molar-refractivity contribution in [3.8, 4) is 0 Å². The molecule has 6 nitrogen and oxygen atoms in total. The van der Waals surface area contributed by atoms with Gasteiger partial charge in [-0.3, -0.25) is 9.59 Å². The number of anilines is 1. The molecule has 0 radical (unpaired) electrons. The molecule has 1 aromatic heterocycles. The highest BCUT2D eigenvalue weighted by Gasteiger charge is 2.14. The summed E-state index contributed by atoms with van der Waals surface area (Å²) in [7, 11) is 3.35. The molecule has 0 saturated heterocycles. The van der Waals surface area contributed by atoms with Crippen LogP contribution in [0.1, 0.15) is 6.92 Å². The zero-order chi connectivity index (χ0) is 11.4. The van der Waals surface area contributed by atoms with Gasteiger partial charge in [-0.2, -0.15) is 5.10 Å². The highest BCUT2D eigenvalue weighted by molar-refractivity contribution is 5.83. The second-order valence-electron chi connectivity index (χ2n) is 3.43. The normalized spacial score (nSPS) is 11.9. The van der Waals surface area contributed by atoms with E-state index in [9.17, 15) is 9.59 Å². The van der Waals surface area contributed by atoms with E-state index in [4.69, 9.17) is 0 Å². The van der Waals surface area contributed by atoms with Crippen LogP contribution in [0, 0.1) is 0 Å². The van der Waals surface area contributed by atoms with E-state index in [1.165, 1.54) is 17.2 Å². The third-order valence-corrected chi connectivity index (χ3v) is 1.86. The Balaban J connectivity index is 2.70. The van der Waals surface area contributed by atoms with Gasteiger partial charge in [0.05, 0.1) is 11.9 Å². The topological polar surface area (TPSA) is 78.1 Å². The van der Waals surface area contributed by atoms with E-state index in [-0.39, 0.29) is 17.5 Å². The number of amides is 1. The Bertz CT molecular complexity index is 399. The number of nitrogens with one attached hydrogen (secondary N) is 2. The molecule has 1 amide bonds. The van der Waals surface area contributed by atoms with Crippen LogP contribution < -0.4 is 10.9 Å². The van der Waals surface area contributed by atoms with Crippen molar-refractivity contribution in [1.82, 2.24) is 15.1 Å². The van der Waals surface area contributed by atoms with Crippen LogP contribution >= 0.6 is 0 Å². The first-order chi connectivity index (χ1) is 7.00.